The van der Waals surface area contributed by atoms with Crippen LogP contribution in [0.4, 0.5) is 0 Å². The molecule has 3 aromatic rings. The maximum absolute atomic E-state index is 14.1. The maximum Gasteiger partial charge on any atom is 0.338 e. The molecule has 41 heavy (non-hydrogen) atoms. The molecule has 12 heteroatoms. The summed E-state index contributed by atoms with van der Waals surface area (Å²) < 4.78 is 35.9. The zero-order valence-electron chi connectivity index (χ0n) is 23.6. The lowest BCUT2D eigenvalue weighted by molar-refractivity contribution is -0.140. The largest absolute Gasteiger partial charge is 0.493 e. The van der Waals surface area contributed by atoms with Crippen molar-refractivity contribution in [1.29, 1.82) is 0 Å². The predicted octanol–water partition coefficient (Wildman–Crippen LogP) is 3.45. The van der Waals surface area contributed by atoms with Gasteiger partial charge in [-0.1, -0.05) is 23.5 Å². The van der Waals surface area contributed by atoms with Crippen LogP contribution in [0, 0.1) is 3.57 Å². The summed E-state index contributed by atoms with van der Waals surface area (Å²) in [5.74, 6) is 1.48. The van der Waals surface area contributed by atoms with Crippen molar-refractivity contribution in [2.24, 2.45) is 4.99 Å². The van der Waals surface area contributed by atoms with Gasteiger partial charge in [0.05, 0.1) is 53.9 Å². The molecule has 0 radical (unpaired) electrons. The Morgan fingerprint density at radius 2 is 1.83 bits per heavy atom. The molecule has 218 valence electrons. The fraction of sp³-hybridized carbons (Fsp3) is 0.345. The second-order valence-electron chi connectivity index (χ2n) is 8.76. The van der Waals surface area contributed by atoms with E-state index in [0.29, 0.717) is 50.2 Å². The van der Waals surface area contributed by atoms with E-state index in [4.69, 9.17) is 28.4 Å². The molecule has 4 rings (SSSR count). The lowest BCUT2D eigenvalue weighted by Crippen LogP contribution is -2.40. The summed E-state index contributed by atoms with van der Waals surface area (Å²) in [5.41, 5.74) is 1.68. The zero-order chi connectivity index (χ0) is 29.7. The van der Waals surface area contributed by atoms with Crippen LogP contribution in [0.3, 0.4) is 0 Å². The number of benzene rings is 2. The monoisotopic (exact) mass is 694 g/mol. The molecule has 0 amide bonds. The second kappa shape index (κ2) is 13.5. The number of carbonyl (C=O) groups is 1. The van der Waals surface area contributed by atoms with Crippen molar-refractivity contribution in [3.8, 4) is 23.0 Å². The standard InChI is InChI=1S/C29H31IN2O8S/c1-7-39-25-18(9-8-10-20(25)36-4)24-23(28(34)40-12-11-35-3)16(2)31-29-32(24)27(33)22(41-29)15-17-13-19(30)26(38-6)21(14-17)37-5/h8-10,13-15,24H,7,11-12H2,1-6H3/b22-15+/t24-/m1/s1. The number of carbonyl (C=O) groups excluding carboxylic acids is 1. The molecule has 0 saturated carbocycles. The Hall–Kier alpha value is -3.36. The van der Waals surface area contributed by atoms with Gasteiger partial charge >= 0.3 is 5.97 Å². The van der Waals surface area contributed by atoms with Gasteiger partial charge in [0.1, 0.15) is 12.6 Å². The van der Waals surface area contributed by atoms with Crippen LogP contribution in [-0.2, 0) is 14.3 Å². The molecule has 0 unspecified atom stereocenters. The third-order valence-corrected chi connectivity index (χ3v) is 8.11. The zero-order valence-corrected chi connectivity index (χ0v) is 26.6. The Morgan fingerprint density at radius 1 is 1.07 bits per heavy atom. The number of ether oxygens (including phenoxy) is 6. The molecule has 0 aliphatic carbocycles. The number of para-hydroxylation sites is 1. The van der Waals surface area contributed by atoms with E-state index in [9.17, 15) is 9.59 Å². The Labute approximate surface area is 255 Å². The summed E-state index contributed by atoms with van der Waals surface area (Å²) in [6, 6.07) is 8.20. The molecule has 0 fully saturated rings. The number of esters is 1. The number of hydrogen-bond acceptors (Lipinski definition) is 10. The van der Waals surface area contributed by atoms with Crippen molar-refractivity contribution < 1.29 is 33.2 Å². The Balaban J connectivity index is 1.97. The van der Waals surface area contributed by atoms with Gasteiger partial charge in [-0.05, 0) is 66.3 Å². The number of thiazole rings is 1. The van der Waals surface area contributed by atoms with E-state index in [2.05, 4.69) is 27.6 Å². The van der Waals surface area contributed by atoms with Gasteiger partial charge in [-0.15, -0.1) is 0 Å². The number of allylic oxidation sites excluding steroid dienone is 1. The molecular weight excluding hydrogens is 663 g/mol. The molecule has 2 heterocycles. The van der Waals surface area contributed by atoms with Crippen molar-refractivity contribution in [1.82, 2.24) is 4.57 Å². The normalized spacial score (nSPS) is 14.8. The van der Waals surface area contributed by atoms with E-state index in [1.807, 2.05) is 19.1 Å². The van der Waals surface area contributed by atoms with Gasteiger partial charge in [0.15, 0.2) is 27.8 Å². The minimum absolute atomic E-state index is 0.0532. The van der Waals surface area contributed by atoms with E-state index >= 15 is 0 Å². The van der Waals surface area contributed by atoms with E-state index < -0.39 is 12.0 Å². The number of hydrogen-bond donors (Lipinski definition) is 0. The number of rotatable bonds is 11. The molecule has 0 saturated heterocycles. The highest BCUT2D eigenvalue weighted by atomic mass is 127. The Bertz CT molecular complexity index is 1660. The molecule has 0 bridgehead atoms. The van der Waals surface area contributed by atoms with Crippen LogP contribution in [-0.4, -0.2) is 58.8 Å². The Kier molecular flexibility index (Phi) is 10.1. The highest BCUT2D eigenvalue weighted by Crippen LogP contribution is 2.41. The summed E-state index contributed by atoms with van der Waals surface area (Å²) in [6.45, 7) is 4.22. The lowest BCUT2D eigenvalue weighted by atomic mass is 9.94. The SMILES string of the molecule is CCOc1c(OC)cccc1[C@@H]1C(C(=O)OCCOC)=C(C)N=c2s/c(=C/c3cc(I)c(OC)c(OC)c3)c(=O)n21. The third kappa shape index (κ3) is 6.14. The van der Waals surface area contributed by atoms with Crippen LogP contribution >= 0.6 is 33.9 Å². The van der Waals surface area contributed by atoms with Gasteiger partial charge in [-0.3, -0.25) is 9.36 Å². The van der Waals surface area contributed by atoms with Crippen LogP contribution in [0.2, 0.25) is 0 Å². The topological polar surface area (TPSA) is 107 Å². The van der Waals surface area contributed by atoms with Crippen molar-refractivity contribution in [3.63, 3.8) is 0 Å². The van der Waals surface area contributed by atoms with Crippen LogP contribution in [0.5, 0.6) is 23.0 Å². The van der Waals surface area contributed by atoms with Crippen molar-refractivity contribution in [2.75, 3.05) is 48.3 Å². The van der Waals surface area contributed by atoms with E-state index in [-0.39, 0.29) is 24.3 Å². The molecule has 0 N–H and O–H groups in total. The molecular formula is C29H31IN2O8S. The number of aromatic nitrogens is 1. The predicted molar refractivity (Wildman–Crippen MR) is 163 cm³/mol. The first kappa shape index (κ1) is 30.6. The van der Waals surface area contributed by atoms with E-state index in [1.54, 1.807) is 52.5 Å². The first-order valence-electron chi connectivity index (χ1n) is 12.7. The van der Waals surface area contributed by atoms with Crippen molar-refractivity contribution in [2.45, 2.75) is 19.9 Å². The van der Waals surface area contributed by atoms with Crippen LogP contribution in [0.15, 0.2) is 51.4 Å². The first-order chi connectivity index (χ1) is 19.8. The van der Waals surface area contributed by atoms with Crippen molar-refractivity contribution in [3.05, 3.63) is 76.0 Å². The van der Waals surface area contributed by atoms with E-state index in [0.717, 1.165) is 9.13 Å². The number of methoxy groups -OCH3 is 4. The van der Waals surface area contributed by atoms with Gasteiger partial charge in [0.2, 0.25) is 0 Å². The molecule has 1 aliphatic rings. The van der Waals surface area contributed by atoms with Gasteiger partial charge in [0.25, 0.3) is 5.56 Å². The Morgan fingerprint density at radius 3 is 2.49 bits per heavy atom. The maximum atomic E-state index is 14.1. The summed E-state index contributed by atoms with van der Waals surface area (Å²) in [6.07, 6.45) is 1.77. The summed E-state index contributed by atoms with van der Waals surface area (Å²) in [7, 11) is 6.20. The number of nitrogens with zero attached hydrogens (tertiary/aromatic N) is 2. The summed E-state index contributed by atoms with van der Waals surface area (Å²) in [5, 5.41) is 0. The lowest BCUT2D eigenvalue weighted by Gasteiger charge is -2.27. The van der Waals surface area contributed by atoms with Gasteiger partial charge in [-0.2, -0.15) is 0 Å². The molecule has 0 spiro atoms. The van der Waals surface area contributed by atoms with Gasteiger partial charge < -0.3 is 28.4 Å². The highest BCUT2D eigenvalue weighted by Gasteiger charge is 2.36. The number of fused-ring (bicyclic) bond motifs is 1. The molecule has 1 aromatic heterocycles. The minimum atomic E-state index is -0.870. The average Bonchev–Trinajstić information content (AvgIpc) is 3.26. The van der Waals surface area contributed by atoms with E-state index in [1.165, 1.54) is 23.0 Å². The third-order valence-electron chi connectivity index (χ3n) is 6.33. The fourth-order valence-electron chi connectivity index (χ4n) is 4.55. The van der Waals surface area contributed by atoms with Crippen LogP contribution in [0.25, 0.3) is 6.08 Å². The minimum Gasteiger partial charge on any atom is -0.493 e. The van der Waals surface area contributed by atoms with Crippen molar-refractivity contribution >= 4 is 46.0 Å². The van der Waals surface area contributed by atoms with Crippen LogP contribution < -0.4 is 33.8 Å². The quantitative estimate of drug-likeness (QED) is 0.171. The summed E-state index contributed by atoms with van der Waals surface area (Å²) >= 11 is 3.39. The number of halogens is 1. The molecule has 1 atom stereocenters. The second-order valence-corrected chi connectivity index (χ2v) is 10.9. The first-order valence-corrected chi connectivity index (χ1v) is 14.6. The molecule has 10 nitrogen and oxygen atoms in total. The highest BCUT2D eigenvalue weighted by molar-refractivity contribution is 14.1. The fourth-order valence-corrected chi connectivity index (χ4v) is 6.44. The van der Waals surface area contributed by atoms with Gasteiger partial charge in [0, 0.05) is 12.7 Å². The smallest absolute Gasteiger partial charge is 0.338 e. The van der Waals surface area contributed by atoms with Crippen LogP contribution in [0.1, 0.15) is 31.0 Å². The summed E-state index contributed by atoms with van der Waals surface area (Å²) in [4.78, 5) is 32.6. The average molecular weight is 695 g/mol. The van der Waals surface area contributed by atoms with Gasteiger partial charge in [-0.25, -0.2) is 9.79 Å². The molecule has 1 aliphatic heterocycles. The molecule has 2 aromatic carbocycles.